The molecular weight excluding hydrogens is 837 g/mol. The van der Waals surface area contributed by atoms with Crippen LogP contribution in [0.2, 0.25) is 0 Å². The van der Waals surface area contributed by atoms with Crippen LogP contribution in [0.1, 0.15) is 113 Å². The number of hydrogen-bond donors (Lipinski definition) is 10. The average molecular weight is 913 g/mol. The molecule has 23 atom stereocenters. The molecule has 366 valence electrons. The molecule has 0 radical (unpaired) electrons. The van der Waals surface area contributed by atoms with Crippen molar-refractivity contribution in [3.63, 3.8) is 0 Å². The summed E-state index contributed by atoms with van der Waals surface area (Å²) in [5, 5.41) is 108. The molecule has 0 aromatic rings. The van der Waals surface area contributed by atoms with Gasteiger partial charge in [0, 0.05) is 5.41 Å². The van der Waals surface area contributed by atoms with Gasteiger partial charge in [-0.05, 0) is 111 Å². The molecule has 8 aliphatic rings. The van der Waals surface area contributed by atoms with E-state index >= 15 is 0 Å². The molecule has 3 heterocycles. The largest absolute Gasteiger partial charge is 0.481 e. The molecule has 17 nitrogen and oxygen atoms in total. The van der Waals surface area contributed by atoms with Crippen molar-refractivity contribution < 1.29 is 84.3 Å². The molecule has 0 aromatic heterocycles. The van der Waals surface area contributed by atoms with Crippen molar-refractivity contribution in [2.45, 2.75) is 205 Å². The van der Waals surface area contributed by atoms with Crippen LogP contribution in [0.15, 0.2) is 11.6 Å². The molecule has 1 unspecified atom stereocenters. The fourth-order valence-corrected chi connectivity index (χ4v) is 14.8. The molecule has 0 aromatic carbocycles. The van der Waals surface area contributed by atoms with Crippen molar-refractivity contribution in [3.05, 3.63) is 11.6 Å². The molecule has 0 bridgehead atoms. The first-order valence-electron chi connectivity index (χ1n) is 23.7. The predicted molar refractivity (Wildman–Crippen MR) is 225 cm³/mol. The highest BCUT2D eigenvalue weighted by Gasteiger charge is 2.70. The molecule has 0 amide bonds. The second-order valence-electron chi connectivity index (χ2n) is 22.9. The Morgan fingerprint density at radius 3 is 2.06 bits per heavy atom. The summed E-state index contributed by atoms with van der Waals surface area (Å²) in [6, 6.07) is 0. The molecule has 0 spiro atoms. The Balaban J connectivity index is 1.01. The quantitative estimate of drug-likeness (QED) is 0.116. The number of aliphatic carboxylic acids is 1. The molecular formula is C47H76O17. The highest BCUT2D eigenvalue weighted by atomic mass is 16.8. The molecule has 4 saturated carbocycles. The average Bonchev–Trinajstić information content (AvgIpc) is 3.24. The lowest BCUT2D eigenvalue weighted by atomic mass is 9.33. The van der Waals surface area contributed by atoms with E-state index in [1.54, 1.807) is 0 Å². The summed E-state index contributed by atoms with van der Waals surface area (Å²) in [5.74, 6) is -0.391. The van der Waals surface area contributed by atoms with Crippen LogP contribution in [0, 0.1) is 50.2 Å². The summed E-state index contributed by atoms with van der Waals surface area (Å²) in [5.41, 5.74) is -0.609. The number of allylic oxidation sites excluding steroid dienone is 2. The van der Waals surface area contributed by atoms with Gasteiger partial charge in [0.1, 0.15) is 61.0 Å². The van der Waals surface area contributed by atoms with Gasteiger partial charge in [0.05, 0.1) is 37.4 Å². The Hall–Kier alpha value is -1.39. The number of carboxylic acids is 1. The minimum Gasteiger partial charge on any atom is -0.481 e. The Morgan fingerprint density at radius 2 is 1.39 bits per heavy atom. The van der Waals surface area contributed by atoms with Crippen molar-refractivity contribution in [1.29, 1.82) is 0 Å². The number of aliphatic hydroxyl groups excluding tert-OH is 9. The van der Waals surface area contributed by atoms with Gasteiger partial charge in [-0.3, -0.25) is 4.79 Å². The number of fused-ring (bicyclic) bond motifs is 7. The molecule has 7 fully saturated rings. The molecule has 10 N–H and O–H groups in total. The van der Waals surface area contributed by atoms with Gasteiger partial charge in [-0.2, -0.15) is 0 Å². The number of carboxylic acid groups (broad SMARTS) is 1. The van der Waals surface area contributed by atoms with Gasteiger partial charge < -0.3 is 79.5 Å². The van der Waals surface area contributed by atoms with E-state index in [1.807, 2.05) is 6.92 Å². The number of carbonyl (C=O) groups is 1. The van der Waals surface area contributed by atoms with Gasteiger partial charge in [-0.1, -0.05) is 53.2 Å². The third kappa shape index (κ3) is 7.49. The summed E-state index contributed by atoms with van der Waals surface area (Å²) >= 11 is 0. The smallest absolute Gasteiger partial charge is 0.310 e. The zero-order chi connectivity index (χ0) is 46.7. The molecule has 8 rings (SSSR count). The minimum absolute atomic E-state index is 0.00330. The third-order valence-corrected chi connectivity index (χ3v) is 19.1. The van der Waals surface area contributed by atoms with Crippen LogP contribution in [0.5, 0.6) is 0 Å². The normalized spacial score (nSPS) is 55.0. The molecule has 3 aliphatic heterocycles. The molecule has 5 aliphatic carbocycles. The lowest BCUT2D eigenvalue weighted by Gasteiger charge is -2.71. The van der Waals surface area contributed by atoms with E-state index in [2.05, 4.69) is 40.7 Å². The SMILES string of the molecule is C[C@@H]1O[C@@H](OC2[C@H](O[C@H]3CC[C@@]4(C)[C@@H](CC[C@]5(C)[C@@H]4CC=C4[C@@H]6CC(C)(C)CC[C@@]6(C(=O)O)CC[C@]45C)[C@]3(C)CO)OC[C@H](O)[C@@H]2O)[C@H](O)[C@H](O[C@@H]2O[C@H](CO)[C@@H](O)[C@H](O)[C@H]2O)[C@H]1O. The first-order chi connectivity index (χ1) is 29.9. The number of aliphatic hydroxyl groups is 9. The highest BCUT2D eigenvalue weighted by molar-refractivity contribution is 5.76. The Bertz CT molecular complexity index is 1750. The van der Waals surface area contributed by atoms with Crippen LogP contribution in [-0.4, -0.2) is 169 Å². The van der Waals surface area contributed by atoms with E-state index in [1.165, 1.54) is 12.5 Å². The second kappa shape index (κ2) is 17.2. The van der Waals surface area contributed by atoms with Crippen molar-refractivity contribution in [1.82, 2.24) is 0 Å². The zero-order valence-corrected chi connectivity index (χ0v) is 38.5. The van der Waals surface area contributed by atoms with Crippen LogP contribution in [0.25, 0.3) is 0 Å². The summed E-state index contributed by atoms with van der Waals surface area (Å²) in [7, 11) is 0. The van der Waals surface area contributed by atoms with E-state index < -0.39 is 116 Å². The Kier molecular flexibility index (Phi) is 13.2. The lowest BCUT2D eigenvalue weighted by Crippen LogP contribution is -2.67. The van der Waals surface area contributed by atoms with Crippen LogP contribution >= 0.6 is 0 Å². The summed E-state index contributed by atoms with van der Waals surface area (Å²) in [6.07, 6.45) is -11.9. The second-order valence-corrected chi connectivity index (χ2v) is 22.9. The summed E-state index contributed by atoms with van der Waals surface area (Å²) < 4.78 is 36.1. The molecule has 17 heteroatoms. The van der Waals surface area contributed by atoms with Gasteiger partial charge in [0.2, 0.25) is 0 Å². The maximum Gasteiger partial charge on any atom is 0.310 e. The lowest BCUT2D eigenvalue weighted by molar-refractivity contribution is -0.383. The minimum atomic E-state index is -1.82. The van der Waals surface area contributed by atoms with Gasteiger partial charge in [-0.25, -0.2) is 0 Å². The standard InChI is InChI=1S/C47H76O17/c1-22-30(51)36(63-38-34(55)33(54)32(53)26(19-48)61-38)35(56)39(60-22)64-37-31(52)25(50)20-59-40(37)62-29-11-12-43(4)27(44(29,5)21-49)10-13-46(7)28(43)9-8-23-24-18-42(2,3)14-16-47(24,41(57)58)17-15-45(23,46)6/h8,22,24-40,48-56H,9-21H2,1-7H3,(H,57,58)/t22-,24-,25-,26+,27+,28+,29-,30-,31-,32+,33-,34+,35+,36+,37?,38-,39-,40-,43-,44-,45+,46+,47+/m0/s1. The van der Waals surface area contributed by atoms with E-state index in [0.717, 1.165) is 44.9 Å². The third-order valence-electron chi connectivity index (χ3n) is 19.1. The van der Waals surface area contributed by atoms with Crippen molar-refractivity contribution in [2.24, 2.45) is 50.2 Å². The zero-order valence-electron chi connectivity index (χ0n) is 38.5. The topological polar surface area (TPSA) is 275 Å². The monoisotopic (exact) mass is 913 g/mol. The predicted octanol–water partition coefficient (Wildman–Crippen LogP) is 1.35. The first kappa shape index (κ1) is 49.0. The Morgan fingerprint density at radius 1 is 0.719 bits per heavy atom. The van der Waals surface area contributed by atoms with Gasteiger partial charge in [0.25, 0.3) is 0 Å². The van der Waals surface area contributed by atoms with Crippen LogP contribution < -0.4 is 0 Å². The van der Waals surface area contributed by atoms with Gasteiger partial charge >= 0.3 is 5.97 Å². The van der Waals surface area contributed by atoms with Crippen LogP contribution in [0.3, 0.4) is 0 Å². The molecule has 3 saturated heterocycles. The fraction of sp³-hybridized carbons (Fsp3) is 0.936. The summed E-state index contributed by atoms with van der Waals surface area (Å²) in [4.78, 5) is 13.1. The number of hydrogen-bond acceptors (Lipinski definition) is 16. The van der Waals surface area contributed by atoms with Crippen molar-refractivity contribution in [2.75, 3.05) is 19.8 Å². The molecule has 64 heavy (non-hydrogen) atoms. The summed E-state index contributed by atoms with van der Waals surface area (Å²) in [6.45, 7) is 14.1. The highest BCUT2D eigenvalue weighted by Crippen LogP contribution is 2.76. The first-order valence-corrected chi connectivity index (χ1v) is 23.7. The maximum absolute atomic E-state index is 13.1. The van der Waals surface area contributed by atoms with Crippen molar-refractivity contribution >= 4 is 5.97 Å². The number of rotatable bonds is 9. The van der Waals surface area contributed by atoms with Crippen molar-refractivity contribution in [3.8, 4) is 0 Å². The van der Waals surface area contributed by atoms with E-state index in [-0.39, 0.29) is 52.6 Å². The van der Waals surface area contributed by atoms with E-state index in [9.17, 15) is 55.9 Å². The fourth-order valence-electron chi connectivity index (χ4n) is 14.8. The number of ether oxygens (including phenoxy) is 6. The maximum atomic E-state index is 13.1. The van der Waals surface area contributed by atoms with Crippen LogP contribution in [-0.2, 0) is 33.2 Å². The van der Waals surface area contributed by atoms with Crippen LogP contribution in [0.4, 0.5) is 0 Å². The van der Waals surface area contributed by atoms with Gasteiger partial charge in [0.15, 0.2) is 18.9 Å². The van der Waals surface area contributed by atoms with E-state index in [0.29, 0.717) is 19.3 Å². The Labute approximate surface area is 376 Å². The van der Waals surface area contributed by atoms with E-state index in [4.69, 9.17) is 28.4 Å². The van der Waals surface area contributed by atoms with Gasteiger partial charge in [-0.15, -0.1) is 0 Å².